The molecule has 0 unspecified atom stereocenters. The minimum atomic E-state index is -0.0856. The van der Waals surface area contributed by atoms with E-state index in [0.29, 0.717) is 12.5 Å². The van der Waals surface area contributed by atoms with Crippen LogP contribution in [0.15, 0.2) is 0 Å². The molecule has 1 N–H and O–H groups in total. The fourth-order valence-electron chi connectivity index (χ4n) is 2.13. The van der Waals surface area contributed by atoms with E-state index >= 15 is 0 Å². The highest BCUT2D eigenvalue weighted by Crippen LogP contribution is 2.14. The normalized spacial score (nSPS) is 12.4. The lowest BCUT2D eigenvalue weighted by molar-refractivity contribution is -0.00810. The van der Waals surface area contributed by atoms with Crippen molar-refractivity contribution in [3.05, 3.63) is 17.0 Å². The molecule has 0 bridgehead atoms. The SMILES string of the molecule is Cc1nn(CCOC(C)(C)C)c(C)c1CNCC(C)C. The van der Waals surface area contributed by atoms with Crippen LogP contribution in [-0.2, 0) is 17.8 Å². The Morgan fingerprint density at radius 3 is 2.45 bits per heavy atom. The quantitative estimate of drug-likeness (QED) is 0.835. The molecule has 0 amide bonds. The minimum absolute atomic E-state index is 0.0856. The summed E-state index contributed by atoms with van der Waals surface area (Å²) in [5.74, 6) is 0.672. The molecule has 0 atom stereocenters. The molecular formula is C16H31N3O. The average Bonchev–Trinajstić information content (AvgIpc) is 2.54. The number of aryl methyl sites for hydroxylation is 1. The first-order chi connectivity index (χ1) is 9.20. The van der Waals surface area contributed by atoms with Gasteiger partial charge in [0.15, 0.2) is 0 Å². The van der Waals surface area contributed by atoms with Gasteiger partial charge < -0.3 is 10.1 Å². The number of ether oxygens (including phenoxy) is 1. The Morgan fingerprint density at radius 1 is 1.25 bits per heavy atom. The Morgan fingerprint density at radius 2 is 1.90 bits per heavy atom. The van der Waals surface area contributed by atoms with Gasteiger partial charge in [-0.15, -0.1) is 0 Å². The van der Waals surface area contributed by atoms with Crippen molar-refractivity contribution in [3.8, 4) is 0 Å². The Labute approximate surface area is 123 Å². The van der Waals surface area contributed by atoms with Gasteiger partial charge in [-0.05, 0) is 47.1 Å². The molecule has 0 fully saturated rings. The minimum Gasteiger partial charge on any atom is -0.374 e. The van der Waals surface area contributed by atoms with Crippen molar-refractivity contribution in [1.82, 2.24) is 15.1 Å². The third kappa shape index (κ3) is 5.63. The van der Waals surface area contributed by atoms with Crippen molar-refractivity contribution in [2.75, 3.05) is 13.2 Å². The van der Waals surface area contributed by atoms with E-state index in [2.05, 4.69) is 63.6 Å². The van der Waals surface area contributed by atoms with Gasteiger partial charge in [0.1, 0.15) is 0 Å². The number of nitrogens with one attached hydrogen (secondary N) is 1. The molecule has 0 radical (unpaired) electrons. The van der Waals surface area contributed by atoms with Gasteiger partial charge in [-0.25, -0.2) is 0 Å². The summed E-state index contributed by atoms with van der Waals surface area (Å²) in [7, 11) is 0. The van der Waals surface area contributed by atoms with Crippen molar-refractivity contribution >= 4 is 0 Å². The molecule has 1 heterocycles. The van der Waals surface area contributed by atoms with Crippen LogP contribution in [0.3, 0.4) is 0 Å². The molecule has 20 heavy (non-hydrogen) atoms. The Hall–Kier alpha value is -0.870. The predicted octanol–water partition coefficient (Wildman–Crippen LogP) is 3.06. The summed E-state index contributed by atoms with van der Waals surface area (Å²) in [6, 6.07) is 0. The molecule has 0 aliphatic rings. The highest BCUT2D eigenvalue weighted by Gasteiger charge is 2.13. The lowest BCUT2D eigenvalue weighted by Gasteiger charge is -2.19. The highest BCUT2D eigenvalue weighted by molar-refractivity contribution is 5.24. The standard InChI is InChI=1S/C16H31N3O/c1-12(2)10-17-11-15-13(3)18-19(14(15)4)8-9-20-16(5,6)7/h12,17H,8-11H2,1-7H3. The lowest BCUT2D eigenvalue weighted by Crippen LogP contribution is -2.22. The van der Waals surface area contributed by atoms with Crippen LogP contribution in [0.2, 0.25) is 0 Å². The first-order valence-electron chi connectivity index (χ1n) is 7.58. The van der Waals surface area contributed by atoms with Crippen LogP contribution < -0.4 is 5.32 Å². The fourth-order valence-corrected chi connectivity index (χ4v) is 2.13. The maximum Gasteiger partial charge on any atom is 0.0669 e. The second kappa shape index (κ2) is 7.23. The Kier molecular flexibility index (Phi) is 6.21. The van der Waals surface area contributed by atoms with Crippen molar-refractivity contribution in [1.29, 1.82) is 0 Å². The number of hydrogen-bond acceptors (Lipinski definition) is 3. The van der Waals surface area contributed by atoms with Gasteiger partial charge in [0.25, 0.3) is 0 Å². The van der Waals surface area contributed by atoms with Gasteiger partial charge in [0.2, 0.25) is 0 Å². The number of rotatable bonds is 7. The second-order valence-electron chi connectivity index (χ2n) is 6.86. The third-order valence-corrected chi connectivity index (χ3v) is 3.22. The van der Waals surface area contributed by atoms with Crippen LogP contribution in [0.5, 0.6) is 0 Å². The Bertz CT molecular complexity index is 416. The summed E-state index contributed by atoms with van der Waals surface area (Å²) in [6.45, 7) is 18.4. The van der Waals surface area contributed by atoms with E-state index in [4.69, 9.17) is 4.74 Å². The molecule has 1 aromatic heterocycles. The van der Waals surface area contributed by atoms with Gasteiger partial charge in [0, 0.05) is 17.8 Å². The maximum absolute atomic E-state index is 5.77. The smallest absolute Gasteiger partial charge is 0.0669 e. The number of hydrogen-bond donors (Lipinski definition) is 1. The van der Waals surface area contributed by atoms with Crippen LogP contribution in [0, 0.1) is 19.8 Å². The molecule has 0 spiro atoms. The fraction of sp³-hybridized carbons (Fsp3) is 0.812. The first kappa shape index (κ1) is 17.2. The number of nitrogens with zero attached hydrogens (tertiary/aromatic N) is 2. The van der Waals surface area contributed by atoms with Crippen LogP contribution >= 0.6 is 0 Å². The molecular weight excluding hydrogens is 250 g/mol. The molecule has 1 aromatic rings. The molecule has 1 rings (SSSR count). The molecule has 0 aromatic carbocycles. The van der Waals surface area contributed by atoms with E-state index < -0.39 is 0 Å². The molecule has 116 valence electrons. The van der Waals surface area contributed by atoms with Gasteiger partial charge in [0.05, 0.1) is 24.4 Å². The molecule has 0 saturated heterocycles. The summed E-state index contributed by atoms with van der Waals surface area (Å²) < 4.78 is 7.84. The average molecular weight is 281 g/mol. The first-order valence-corrected chi connectivity index (χ1v) is 7.58. The second-order valence-corrected chi connectivity index (χ2v) is 6.86. The zero-order valence-corrected chi connectivity index (χ0v) is 14.2. The van der Waals surface area contributed by atoms with E-state index in [1.807, 2.05) is 0 Å². The molecule has 0 aliphatic heterocycles. The maximum atomic E-state index is 5.77. The summed E-state index contributed by atoms with van der Waals surface area (Å²) in [6.07, 6.45) is 0. The van der Waals surface area contributed by atoms with Crippen molar-refractivity contribution in [2.45, 2.75) is 67.2 Å². The summed E-state index contributed by atoms with van der Waals surface area (Å²) in [5.41, 5.74) is 3.60. The van der Waals surface area contributed by atoms with E-state index in [9.17, 15) is 0 Å². The van der Waals surface area contributed by atoms with Crippen molar-refractivity contribution in [2.24, 2.45) is 5.92 Å². The largest absolute Gasteiger partial charge is 0.374 e. The topological polar surface area (TPSA) is 39.1 Å². The zero-order chi connectivity index (χ0) is 15.3. The van der Waals surface area contributed by atoms with Gasteiger partial charge in [-0.2, -0.15) is 5.10 Å². The van der Waals surface area contributed by atoms with Crippen LogP contribution in [-0.4, -0.2) is 28.5 Å². The van der Waals surface area contributed by atoms with Crippen LogP contribution in [0.1, 0.15) is 51.6 Å². The molecule has 0 saturated carbocycles. The van der Waals surface area contributed by atoms with Gasteiger partial charge in [-0.3, -0.25) is 4.68 Å². The lowest BCUT2D eigenvalue weighted by atomic mass is 10.2. The van der Waals surface area contributed by atoms with E-state index in [0.717, 1.165) is 25.3 Å². The zero-order valence-electron chi connectivity index (χ0n) is 14.2. The summed E-state index contributed by atoms with van der Waals surface area (Å²) in [4.78, 5) is 0. The predicted molar refractivity (Wildman–Crippen MR) is 84.0 cm³/mol. The summed E-state index contributed by atoms with van der Waals surface area (Å²) in [5, 5.41) is 8.12. The Balaban J connectivity index is 2.57. The van der Waals surface area contributed by atoms with Gasteiger partial charge >= 0.3 is 0 Å². The van der Waals surface area contributed by atoms with E-state index in [1.165, 1.54) is 11.3 Å². The van der Waals surface area contributed by atoms with E-state index in [1.54, 1.807) is 0 Å². The number of aromatic nitrogens is 2. The molecule has 4 heteroatoms. The van der Waals surface area contributed by atoms with Crippen molar-refractivity contribution in [3.63, 3.8) is 0 Å². The van der Waals surface area contributed by atoms with Gasteiger partial charge in [-0.1, -0.05) is 13.8 Å². The van der Waals surface area contributed by atoms with Crippen molar-refractivity contribution < 1.29 is 4.74 Å². The molecule has 0 aliphatic carbocycles. The monoisotopic (exact) mass is 281 g/mol. The molecule has 4 nitrogen and oxygen atoms in total. The van der Waals surface area contributed by atoms with Crippen LogP contribution in [0.4, 0.5) is 0 Å². The third-order valence-electron chi connectivity index (χ3n) is 3.22. The van der Waals surface area contributed by atoms with Crippen LogP contribution in [0.25, 0.3) is 0 Å². The summed E-state index contributed by atoms with van der Waals surface area (Å²) >= 11 is 0. The van der Waals surface area contributed by atoms with E-state index in [-0.39, 0.29) is 5.60 Å². The highest BCUT2D eigenvalue weighted by atomic mass is 16.5.